The van der Waals surface area contributed by atoms with Crippen LogP contribution in [-0.4, -0.2) is 38.8 Å². The minimum Gasteiger partial charge on any atom is -0.478 e. The van der Waals surface area contributed by atoms with Crippen molar-refractivity contribution in [2.75, 3.05) is 18.1 Å². The van der Waals surface area contributed by atoms with Gasteiger partial charge in [-0.3, -0.25) is 0 Å². The van der Waals surface area contributed by atoms with E-state index in [0.29, 0.717) is 11.5 Å². The number of aromatic nitrogens is 3. The summed E-state index contributed by atoms with van der Waals surface area (Å²) in [4.78, 5) is 9.21. The van der Waals surface area contributed by atoms with Crippen molar-refractivity contribution in [2.45, 2.75) is 44.2 Å². The minimum absolute atomic E-state index is 0.00232. The lowest BCUT2D eigenvalue weighted by molar-refractivity contribution is -0.136. The number of imidazole rings is 1. The van der Waals surface area contributed by atoms with Crippen molar-refractivity contribution in [3.05, 3.63) is 18.0 Å². The van der Waals surface area contributed by atoms with Crippen LogP contribution in [0.3, 0.4) is 0 Å². The summed E-state index contributed by atoms with van der Waals surface area (Å²) in [5.74, 6) is 3.61. The van der Waals surface area contributed by atoms with E-state index in [1.165, 1.54) is 0 Å². The van der Waals surface area contributed by atoms with Crippen molar-refractivity contribution < 1.29 is 17.9 Å². The summed E-state index contributed by atoms with van der Waals surface area (Å²) >= 11 is 1.97. The molecule has 138 valence electrons. The van der Waals surface area contributed by atoms with Crippen LogP contribution in [0.15, 0.2) is 12.1 Å². The second-order valence-corrected chi connectivity index (χ2v) is 7.95. The van der Waals surface area contributed by atoms with Crippen molar-refractivity contribution >= 4 is 22.9 Å². The zero-order chi connectivity index (χ0) is 18.1. The minimum atomic E-state index is -4.15. The zero-order valence-electron chi connectivity index (χ0n) is 14.4. The van der Waals surface area contributed by atoms with E-state index in [0.717, 1.165) is 35.7 Å². The van der Waals surface area contributed by atoms with Gasteiger partial charge in [0.25, 0.3) is 0 Å². The third-order valence-corrected chi connectivity index (χ3v) is 5.67. The third kappa shape index (κ3) is 4.22. The highest BCUT2D eigenvalue weighted by Gasteiger charge is 2.34. The normalized spacial score (nSPS) is 17.8. The smallest absolute Gasteiger partial charge is 0.389 e. The molecule has 1 aliphatic rings. The van der Waals surface area contributed by atoms with Gasteiger partial charge in [-0.2, -0.15) is 29.9 Å². The molecule has 0 spiro atoms. The van der Waals surface area contributed by atoms with E-state index in [1.54, 1.807) is 6.07 Å². The maximum atomic E-state index is 12.2. The van der Waals surface area contributed by atoms with Crippen molar-refractivity contribution in [3.8, 4) is 5.88 Å². The number of halogens is 3. The van der Waals surface area contributed by atoms with Gasteiger partial charge in [-0.1, -0.05) is 6.92 Å². The van der Waals surface area contributed by atoms with Gasteiger partial charge in [0.1, 0.15) is 11.3 Å². The van der Waals surface area contributed by atoms with Crippen molar-refractivity contribution in [2.24, 2.45) is 7.05 Å². The Morgan fingerprint density at radius 3 is 2.64 bits per heavy atom. The molecule has 0 bridgehead atoms. The van der Waals surface area contributed by atoms with Gasteiger partial charge < -0.3 is 9.30 Å². The second kappa shape index (κ2) is 7.05. The van der Waals surface area contributed by atoms with Crippen molar-refractivity contribution in [1.29, 1.82) is 0 Å². The Kier molecular flexibility index (Phi) is 5.18. The molecule has 8 heteroatoms. The Morgan fingerprint density at radius 1 is 1.24 bits per heavy atom. The monoisotopic (exact) mass is 373 g/mol. The highest BCUT2D eigenvalue weighted by atomic mass is 32.2. The molecule has 1 fully saturated rings. The summed E-state index contributed by atoms with van der Waals surface area (Å²) < 4.78 is 43.9. The van der Waals surface area contributed by atoms with Gasteiger partial charge >= 0.3 is 6.18 Å². The molecule has 0 unspecified atom stereocenters. The first kappa shape index (κ1) is 18.4. The van der Waals surface area contributed by atoms with Gasteiger partial charge in [0.05, 0.1) is 6.61 Å². The number of hydrogen-bond acceptors (Lipinski definition) is 4. The molecular weight excluding hydrogens is 351 g/mol. The SMILES string of the molecule is Cn1c(C2(C)CCSCC2)nc2ccc(OCCCC(F)(F)F)nc21. The Hall–Kier alpha value is -1.44. The lowest BCUT2D eigenvalue weighted by Crippen LogP contribution is -2.30. The Bertz CT molecular complexity index is 739. The van der Waals surface area contributed by atoms with E-state index in [1.807, 2.05) is 29.4 Å². The van der Waals surface area contributed by atoms with Crippen LogP contribution >= 0.6 is 11.8 Å². The van der Waals surface area contributed by atoms with Gasteiger partial charge in [-0.25, -0.2) is 4.98 Å². The Labute approximate surface area is 149 Å². The summed E-state index contributed by atoms with van der Waals surface area (Å²) in [6.45, 7) is 2.24. The molecule has 1 aliphatic heterocycles. The number of hydrogen-bond donors (Lipinski definition) is 0. The maximum Gasteiger partial charge on any atom is 0.389 e. The first-order valence-electron chi connectivity index (χ1n) is 8.40. The van der Waals surface area contributed by atoms with Crippen LogP contribution in [0.1, 0.15) is 38.4 Å². The van der Waals surface area contributed by atoms with Crippen LogP contribution in [0.5, 0.6) is 5.88 Å². The fourth-order valence-electron chi connectivity index (χ4n) is 3.16. The molecule has 1 saturated heterocycles. The van der Waals surface area contributed by atoms with Gasteiger partial charge in [-0.05, 0) is 36.8 Å². The molecule has 3 rings (SSSR count). The lowest BCUT2D eigenvalue weighted by Gasteiger charge is -2.32. The van der Waals surface area contributed by atoms with Gasteiger partial charge in [-0.15, -0.1) is 0 Å². The number of aryl methyl sites for hydroxylation is 1. The van der Waals surface area contributed by atoms with Crippen LogP contribution in [0, 0.1) is 0 Å². The molecule has 0 aromatic carbocycles. The predicted molar refractivity (Wildman–Crippen MR) is 93.2 cm³/mol. The molecule has 4 nitrogen and oxygen atoms in total. The summed E-state index contributed by atoms with van der Waals surface area (Å²) in [5, 5.41) is 0. The van der Waals surface area contributed by atoms with Crippen molar-refractivity contribution in [3.63, 3.8) is 0 Å². The molecule has 2 aromatic rings. The molecule has 2 aromatic heterocycles. The zero-order valence-corrected chi connectivity index (χ0v) is 15.2. The fraction of sp³-hybridized carbons (Fsp3) is 0.647. The number of alkyl halides is 3. The highest BCUT2D eigenvalue weighted by Crippen LogP contribution is 2.38. The molecular formula is C17H22F3N3OS. The number of rotatable bonds is 5. The largest absolute Gasteiger partial charge is 0.478 e. The average molecular weight is 373 g/mol. The summed E-state index contributed by atoms with van der Waals surface area (Å²) in [7, 11) is 1.94. The number of nitrogens with zero attached hydrogens (tertiary/aromatic N) is 3. The first-order chi connectivity index (χ1) is 11.8. The molecule has 0 saturated carbocycles. The molecule has 25 heavy (non-hydrogen) atoms. The molecule has 3 heterocycles. The molecule has 0 aliphatic carbocycles. The summed E-state index contributed by atoms with van der Waals surface area (Å²) in [6, 6.07) is 3.50. The van der Waals surface area contributed by atoms with E-state index in [9.17, 15) is 13.2 Å². The first-order valence-corrected chi connectivity index (χ1v) is 9.55. The molecule has 0 radical (unpaired) electrons. The Balaban J connectivity index is 1.75. The molecule has 0 amide bonds. The highest BCUT2D eigenvalue weighted by molar-refractivity contribution is 7.99. The number of ether oxygens (including phenoxy) is 1. The van der Waals surface area contributed by atoms with E-state index in [2.05, 4.69) is 11.9 Å². The van der Waals surface area contributed by atoms with E-state index in [-0.39, 0.29) is 18.4 Å². The second-order valence-electron chi connectivity index (χ2n) is 6.73. The molecule has 0 N–H and O–H groups in total. The number of pyridine rings is 1. The van der Waals surface area contributed by atoms with E-state index >= 15 is 0 Å². The third-order valence-electron chi connectivity index (χ3n) is 4.68. The quantitative estimate of drug-likeness (QED) is 0.725. The summed E-state index contributed by atoms with van der Waals surface area (Å²) in [5.41, 5.74) is 1.54. The van der Waals surface area contributed by atoms with E-state index in [4.69, 9.17) is 9.72 Å². The molecule has 0 atom stereocenters. The van der Waals surface area contributed by atoms with E-state index < -0.39 is 12.6 Å². The fourth-order valence-corrected chi connectivity index (χ4v) is 4.56. The van der Waals surface area contributed by atoms with Crippen LogP contribution in [0.2, 0.25) is 0 Å². The maximum absolute atomic E-state index is 12.2. The van der Waals surface area contributed by atoms with Crippen LogP contribution in [-0.2, 0) is 12.5 Å². The van der Waals surface area contributed by atoms with Gasteiger partial charge in [0, 0.05) is 24.9 Å². The number of fused-ring (bicyclic) bond motifs is 1. The van der Waals surface area contributed by atoms with Gasteiger partial charge in [0.2, 0.25) is 5.88 Å². The standard InChI is InChI=1S/C17H22F3N3OS/c1-16(7-10-25-11-8-16)15-21-12-4-5-13(22-14(12)23(15)2)24-9-3-6-17(18,19)20/h4-5H,3,6-11H2,1-2H3. The van der Waals surface area contributed by atoms with Gasteiger partial charge in [0.15, 0.2) is 5.65 Å². The van der Waals surface area contributed by atoms with Crippen LogP contribution in [0.25, 0.3) is 11.2 Å². The Morgan fingerprint density at radius 2 is 1.96 bits per heavy atom. The van der Waals surface area contributed by atoms with Crippen LogP contribution < -0.4 is 4.74 Å². The average Bonchev–Trinajstić information content (AvgIpc) is 2.89. The summed E-state index contributed by atoms with van der Waals surface area (Å²) in [6.07, 6.45) is -2.91. The lowest BCUT2D eigenvalue weighted by atomic mass is 9.83. The predicted octanol–water partition coefficient (Wildman–Crippen LogP) is 4.47. The topological polar surface area (TPSA) is 39.9 Å². The van der Waals surface area contributed by atoms with Crippen LogP contribution in [0.4, 0.5) is 13.2 Å². The number of thioether (sulfide) groups is 1. The van der Waals surface area contributed by atoms with Crippen molar-refractivity contribution in [1.82, 2.24) is 14.5 Å².